The van der Waals surface area contributed by atoms with Crippen molar-refractivity contribution in [3.63, 3.8) is 0 Å². The molecule has 1 fully saturated rings. The van der Waals surface area contributed by atoms with Crippen LogP contribution in [0.1, 0.15) is 20.8 Å². The van der Waals surface area contributed by atoms with Crippen LogP contribution >= 0.6 is 0 Å². The van der Waals surface area contributed by atoms with E-state index in [0.29, 0.717) is 30.2 Å². The van der Waals surface area contributed by atoms with E-state index in [-0.39, 0.29) is 30.4 Å². The Balaban J connectivity index is 1.24. The van der Waals surface area contributed by atoms with Crippen LogP contribution in [0.15, 0.2) is 66.9 Å². The quantitative estimate of drug-likeness (QED) is 0.333. The average Bonchev–Trinajstić information content (AvgIpc) is 3.31. The molecule has 224 valence electrons. The number of carboxylic acid groups (broad SMARTS) is 1. The first-order valence-corrected chi connectivity index (χ1v) is 13.0. The molecule has 1 aliphatic rings. The van der Waals surface area contributed by atoms with Crippen LogP contribution in [0.5, 0.6) is 17.4 Å². The topological polar surface area (TPSA) is 117 Å². The second kappa shape index (κ2) is 11.5. The number of piperazine rings is 1. The Morgan fingerprint density at radius 3 is 2.16 bits per heavy atom. The highest BCUT2D eigenvalue weighted by Gasteiger charge is 2.31. The van der Waals surface area contributed by atoms with Gasteiger partial charge in [0.1, 0.15) is 17.2 Å². The van der Waals surface area contributed by atoms with Crippen molar-refractivity contribution in [2.75, 3.05) is 38.1 Å². The van der Waals surface area contributed by atoms with Crippen LogP contribution in [-0.4, -0.2) is 82.0 Å². The molecular weight excluding hydrogens is 571 g/mol. The molecule has 4 aromatic rings. The molecule has 1 N–H and O–H groups in total. The molecule has 0 radical (unpaired) electrons. The zero-order valence-electron chi connectivity index (χ0n) is 23.0. The molecule has 0 unspecified atom stereocenters. The van der Waals surface area contributed by atoms with E-state index in [1.165, 1.54) is 35.2 Å². The number of rotatable bonds is 6. The molecule has 14 heteroatoms. The lowest BCUT2D eigenvalue weighted by atomic mass is 10.2. The molecule has 43 heavy (non-hydrogen) atoms. The number of hydrogen-bond donors (Lipinski definition) is 1. The molecule has 0 atom stereocenters. The summed E-state index contributed by atoms with van der Waals surface area (Å²) < 4.78 is 48.7. The van der Waals surface area contributed by atoms with Gasteiger partial charge < -0.3 is 33.8 Å². The Hall–Kier alpha value is -5.27. The van der Waals surface area contributed by atoms with Gasteiger partial charge in [-0.3, -0.25) is 9.59 Å². The van der Waals surface area contributed by atoms with Crippen molar-refractivity contribution in [1.29, 1.82) is 0 Å². The lowest BCUT2D eigenvalue weighted by Gasteiger charge is -2.33. The fourth-order valence-corrected chi connectivity index (χ4v) is 4.70. The van der Waals surface area contributed by atoms with E-state index in [9.17, 15) is 27.6 Å². The molecule has 0 bridgehead atoms. The molecule has 0 aliphatic carbocycles. The summed E-state index contributed by atoms with van der Waals surface area (Å²) in [6.07, 6.45) is -4.40. The number of halogens is 3. The second-order valence-corrected chi connectivity index (χ2v) is 9.76. The van der Waals surface area contributed by atoms with Crippen LogP contribution < -0.4 is 14.4 Å². The predicted molar refractivity (Wildman–Crippen MR) is 149 cm³/mol. The van der Waals surface area contributed by atoms with Crippen LogP contribution in [0.25, 0.3) is 10.9 Å². The van der Waals surface area contributed by atoms with E-state index in [2.05, 4.69) is 9.72 Å². The van der Waals surface area contributed by atoms with Crippen molar-refractivity contribution in [3.05, 3.63) is 78.1 Å². The Morgan fingerprint density at radius 1 is 0.907 bits per heavy atom. The first-order valence-electron chi connectivity index (χ1n) is 13.0. The summed E-state index contributed by atoms with van der Waals surface area (Å²) >= 11 is 0. The summed E-state index contributed by atoms with van der Waals surface area (Å²) in [6, 6.07) is 14.9. The van der Waals surface area contributed by atoms with Gasteiger partial charge >= 0.3 is 12.5 Å². The number of pyridine rings is 1. The lowest BCUT2D eigenvalue weighted by Crippen LogP contribution is -2.50. The lowest BCUT2D eigenvalue weighted by molar-refractivity contribution is -0.274. The maximum Gasteiger partial charge on any atom is 0.573 e. The largest absolute Gasteiger partial charge is 0.573 e. The minimum atomic E-state index is -4.82. The minimum absolute atomic E-state index is 0.161. The normalized spacial score (nSPS) is 13.6. The molecule has 3 heterocycles. The summed E-state index contributed by atoms with van der Waals surface area (Å²) in [5, 5.41) is 9.97. The first kappa shape index (κ1) is 29.2. The molecule has 3 amide bonds. The highest BCUT2D eigenvalue weighted by molar-refractivity contribution is 6.05. The summed E-state index contributed by atoms with van der Waals surface area (Å²) in [6.45, 7) is 1.14. The molecule has 2 aromatic carbocycles. The Morgan fingerprint density at radius 2 is 1.56 bits per heavy atom. The number of hydrogen-bond acceptors (Lipinski definition) is 6. The number of benzene rings is 2. The molecule has 5 rings (SSSR count). The van der Waals surface area contributed by atoms with Crippen molar-refractivity contribution in [1.82, 2.24) is 19.4 Å². The predicted octanol–water partition coefficient (Wildman–Crippen LogP) is 4.98. The van der Waals surface area contributed by atoms with Crippen LogP contribution in [-0.2, 0) is 7.05 Å². The monoisotopic (exact) mass is 597 g/mol. The number of carbonyl (C=O) groups is 3. The Bertz CT molecular complexity index is 1660. The van der Waals surface area contributed by atoms with E-state index in [0.717, 1.165) is 23.0 Å². The van der Waals surface area contributed by atoms with E-state index < -0.39 is 24.1 Å². The Labute approximate surface area is 243 Å². The summed E-state index contributed by atoms with van der Waals surface area (Å²) in [4.78, 5) is 45.6. The van der Waals surface area contributed by atoms with Gasteiger partial charge in [0, 0.05) is 63.4 Å². The summed E-state index contributed by atoms with van der Waals surface area (Å²) in [5.74, 6) is -0.361. The number of aryl methyl sites for hydroxylation is 1. The van der Waals surface area contributed by atoms with Gasteiger partial charge in [0.25, 0.3) is 11.8 Å². The van der Waals surface area contributed by atoms with Crippen LogP contribution in [0.4, 0.5) is 23.7 Å². The van der Waals surface area contributed by atoms with Crippen molar-refractivity contribution in [2.24, 2.45) is 7.05 Å². The number of ether oxygens (including phenoxy) is 2. The van der Waals surface area contributed by atoms with Crippen LogP contribution in [0.2, 0.25) is 0 Å². The number of alkyl halides is 3. The molecule has 1 saturated heterocycles. The summed E-state index contributed by atoms with van der Waals surface area (Å²) in [7, 11) is 3.28. The van der Waals surface area contributed by atoms with Crippen molar-refractivity contribution < 1.29 is 42.1 Å². The highest BCUT2D eigenvalue weighted by atomic mass is 19.4. The number of aromatic nitrogens is 2. The van der Waals surface area contributed by atoms with E-state index in [1.54, 1.807) is 46.8 Å². The third kappa shape index (κ3) is 6.47. The zero-order valence-corrected chi connectivity index (χ0v) is 23.0. The number of fused-ring (bicyclic) bond motifs is 1. The van der Waals surface area contributed by atoms with Gasteiger partial charge in [-0.05, 0) is 48.5 Å². The van der Waals surface area contributed by atoms with Gasteiger partial charge in [0.05, 0.1) is 17.4 Å². The third-order valence-electron chi connectivity index (χ3n) is 7.04. The molecule has 2 aromatic heterocycles. The maximum atomic E-state index is 13.2. The number of amides is 3. The standard InChI is InChI=1S/C29H26F3N5O6/c1-34(26(38)18-3-7-21(8-4-18)43-29(30,31)32)20-6-10-25(33-17-20)42-22-9-5-19-15-24(35(2)23(19)16-22)27(39)36-11-13-37(14-12-36)28(40)41/h3-10,15-17H,11-14H2,1-2H3,(H,40,41). The number of nitrogens with zero attached hydrogens (tertiary/aromatic N) is 5. The van der Waals surface area contributed by atoms with E-state index in [1.807, 2.05) is 6.07 Å². The fraction of sp³-hybridized carbons (Fsp3) is 0.241. The van der Waals surface area contributed by atoms with E-state index in [4.69, 9.17) is 9.84 Å². The SMILES string of the molecule is CN(C(=O)c1ccc(OC(F)(F)F)cc1)c1ccc(Oc2ccc3cc(C(=O)N4CCN(C(=O)O)CC4)n(C)c3c2)nc1. The number of carbonyl (C=O) groups excluding carboxylic acids is 2. The molecule has 11 nitrogen and oxygen atoms in total. The van der Waals surface area contributed by atoms with Gasteiger partial charge in [-0.2, -0.15) is 0 Å². The second-order valence-electron chi connectivity index (χ2n) is 9.76. The molecule has 0 saturated carbocycles. The zero-order chi connectivity index (χ0) is 30.9. The third-order valence-corrected chi connectivity index (χ3v) is 7.04. The average molecular weight is 598 g/mol. The smallest absolute Gasteiger partial charge is 0.465 e. The molecular formula is C29H26F3N5O6. The van der Waals surface area contributed by atoms with Crippen LogP contribution in [0.3, 0.4) is 0 Å². The van der Waals surface area contributed by atoms with Crippen molar-refractivity contribution in [3.8, 4) is 17.4 Å². The maximum absolute atomic E-state index is 13.2. The molecule has 0 spiro atoms. The van der Waals surface area contributed by atoms with E-state index >= 15 is 0 Å². The molecule has 1 aliphatic heterocycles. The highest BCUT2D eigenvalue weighted by Crippen LogP contribution is 2.29. The van der Waals surface area contributed by atoms with Gasteiger partial charge in [-0.15, -0.1) is 13.2 Å². The Kier molecular flexibility index (Phi) is 7.85. The van der Waals surface area contributed by atoms with Crippen molar-refractivity contribution >= 4 is 34.5 Å². The van der Waals surface area contributed by atoms with Gasteiger partial charge in [-0.25, -0.2) is 9.78 Å². The van der Waals surface area contributed by atoms with Gasteiger partial charge in [0.2, 0.25) is 5.88 Å². The van der Waals surface area contributed by atoms with Gasteiger partial charge in [0.15, 0.2) is 0 Å². The minimum Gasteiger partial charge on any atom is -0.465 e. The van der Waals surface area contributed by atoms with Crippen LogP contribution in [0, 0.1) is 0 Å². The fourth-order valence-electron chi connectivity index (χ4n) is 4.70. The first-order chi connectivity index (χ1) is 20.4. The van der Waals surface area contributed by atoms with Gasteiger partial charge in [-0.1, -0.05) is 0 Å². The van der Waals surface area contributed by atoms with Crippen molar-refractivity contribution in [2.45, 2.75) is 6.36 Å². The summed E-state index contributed by atoms with van der Waals surface area (Å²) in [5.41, 5.74) is 1.80. The number of anilines is 1.